The highest BCUT2D eigenvalue weighted by atomic mass is 16.5. The number of unbranched alkanes of at least 4 members (excludes halogenated alkanes) is 1. The molecule has 27 heavy (non-hydrogen) atoms. The second kappa shape index (κ2) is 13.3. The summed E-state index contributed by atoms with van der Waals surface area (Å²) in [6.45, 7) is 18.3. The Morgan fingerprint density at radius 2 is 1.85 bits per heavy atom. The van der Waals surface area contributed by atoms with Gasteiger partial charge in [-0.05, 0) is 32.2 Å². The van der Waals surface area contributed by atoms with E-state index in [9.17, 15) is 0 Å². The molecule has 0 aromatic carbocycles. The average Bonchev–Trinajstić information content (AvgIpc) is 2.66. The lowest BCUT2D eigenvalue weighted by atomic mass is 10.2. The zero-order valence-electron chi connectivity index (χ0n) is 17.7. The Labute approximate surface area is 165 Å². The van der Waals surface area contributed by atoms with E-state index in [4.69, 9.17) is 14.5 Å². The zero-order valence-corrected chi connectivity index (χ0v) is 17.7. The van der Waals surface area contributed by atoms with E-state index < -0.39 is 0 Å². The first-order valence-corrected chi connectivity index (χ1v) is 10.8. The molecule has 1 atom stereocenters. The molecule has 158 valence electrons. The van der Waals surface area contributed by atoms with Crippen LogP contribution in [0, 0.1) is 5.92 Å². The summed E-state index contributed by atoms with van der Waals surface area (Å²) in [5, 5.41) is 6.82. The Morgan fingerprint density at radius 1 is 1.07 bits per heavy atom. The molecule has 2 fully saturated rings. The molecule has 0 radical (unpaired) electrons. The fraction of sp³-hybridized carbons (Fsp3) is 0.950. The molecule has 2 N–H and O–H groups in total. The van der Waals surface area contributed by atoms with Crippen molar-refractivity contribution in [3.63, 3.8) is 0 Å². The van der Waals surface area contributed by atoms with Crippen LogP contribution in [0.4, 0.5) is 0 Å². The monoisotopic (exact) mass is 383 g/mol. The van der Waals surface area contributed by atoms with Crippen molar-refractivity contribution in [1.29, 1.82) is 0 Å². The first kappa shape index (κ1) is 22.4. The van der Waals surface area contributed by atoms with Gasteiger partial charge in [-0.3, -0.25) is 14.8 Å². The molecule has 0 amide bonds. The molecule has 0 spiro atoms. The Bertz CT molecular complexity index is 413. The molecular weight excluding hydrogens is 342 g/mol. The van der Waals surface area contributed by atoms with E-state index in [-0.39, 0.29) is 6.10 Å². The molecule has 1 unspecified atom stereocenters. The van der Waals surface area contributed by atoms with Crippen LogP contribution in [0.5, 0.6) is 0 Å². The van der Waals surface area contributed by atoms with Crippen molar-refractivity contribution in [2.75, 3.05) is 78.7 Å². The van der Waals surface area contributed by atoms with Crippen molar-refractivity contribution < 1.29 is 9.47 Å². The predicted molar refractivity (Wildman–Crippen MR) is 111 cm³/mol. The zero-order chi connectivity index (χ0) is 19.3. The van der Waals surface area contributed by atoms with Crippen LogP contribution in [-0.2, 0) is 9.47 Å². The third kappa shape index (κ3) is 9.74. The molecule has 2 aliphatic heterocycles. The predicted octanol–water partition coefficient (Wildman–Crippen LogP) is 1.01. The molecule has 7 heteroatoms. The van der Waals surface area contributed by atoms with Gasteiger partial charge in [-0.25, -0.2) is 0 Å². The minimum Gasteiger partial charge on any atom is -0.379 e. The number of guanidine groups is 1. The first-order valence-electron chi connectivity index (χ1n) is 10.8. The SMILES string of the molecule is CCNC(=NCC1CN(CC(C)C)CCO1)NCCCCN1CCOCC1. The fourth-order valence-electron chi connectivity index (χ4n) is 3.60. The first-order chi connectivity index (χ1) is 13.2. The second-order valence-corrected chi connectivity index (χ2v) is 7.95. The van der Waals surface area contributed by atoms with Gasteiger partial charge in [0.25, 0.3) is 0 Å². The number of ether oxygens (including phenoxy) is 2. The molecule has 0 saturated carbocycles. The topological polar surface area (TPSA) is 61.4 Å². The molecule has 7 nitrogen and oxygen atoms in total. The van der Waals surface area contributed by atoms with Gasteiger partial charge >= 0.3 is 0 Å². The van der Waals surface area contributed by atoms with Crippen LogP contribution in [0.15, 0.2) is 4.99 Å². The number of nitrogens with one attached hydrogen (secondary N) is 2. The molecule has 2 saturated heterocycles. The van der Waals surface area contributed by atoms with Crippen molar-refractivity contribution in [3.8, 4) is 0 Å². The molecule has 0 bridgehead atoms. The summed E-state index contributed by atoms with van der Waals surface area (Å²) in [4.78, 5) is 9.75. The Hall–Kier alpha value is -0.890. The van der Waals surface area contributed by atoms with Gasteiger partial charge < -0.3 is 20.1 Å². The van der Waals surface area contributed by atoms with Gasteiger partial charge in [0.15, 0.2) is 5.96 Å². The highest BCUT2D eigenvalue weighted by Crippen LogP contribution is 2.08. The number of nitrogens with zero attached hydrogens (tertiary/aromatic N) is 3. The minimum absolute atomic E-state index is 0.203. The van der Waals surface area contributed by atoms with E-state index >= 15 is 0 Å². The number of hydrogen-bond donors (Lipinski definition) is 2. The van der Waals surface area contributed by atoms with Crippen LogP contribution in [0.1, 0.15) is 33.6 Å². The lowest BCUT2D eigenvalue weighted by Gasteiger charge is -2.33. The van der Waals surface area contributed by atoms with Gasteiger partial charge in [0.2, 0.25) is 0 Å². The van der Waals surface area contributed by atoms with Crippen molar-refractivity contribution >= 4 is 5.96 Å². The molecular formula is C20H41N5O2. The van der Waals surface area contributed by atoms with Gasteiger partial charge in [-0.15, -0.1) is 0 Å². The van der Waals surface area contributed by atoms with Crippen molar-refractivity contribution in [1.82, 2.24) is 20.4 Å². The number of hydrogen-bond acceptors (Lipinski definition) is 5. The number of aliphatic imine (C=N–C) groups is 1. The largest absolute Gasteiger partial charge is 0.379 e. The standard InChI is InChI=1S/C20H41N5O2/c1-4-21-20(22-7-5-6-8-24-9-12-26-13-10-24)23-15-19-17-25(11-14-27-19)16-18(2)3/h18-19H,4-17H2,1-3H3,(H2,21,22,23). The van der Waals surface area contributed by atoms with Crippen LogP contribution in [-0.4, -0.2) is 101 Å². The van der Waals surface area contributed by atoms with Crippen LogP contribution < -0.4 is 10.6 Å². The summed E-state index contributed by atoms with van der Waals surface area (Å²) in [6.07, 6.45) is 2.57. The maximum Gasteiger partial charge on any atom is 0.191 e. The fourth-order valence-corrected chi connectivity index (χ4v) is 3.60. The third-order valence-electron chi connectivity index (χ3n) is 4.94. The number of rotatable bonds is 10. The molecule has 2 heterocycles. The van der Waals surface area contributed by atoms with Gasteiger partial charge in [0.1, 0.15) is 0 Å². The Kier molecular flexibility index (Phi) is 11.0. The molecule has 2 rings (SSSR count). The van der Waals surface area contributed by atoms with Gasteiger partial charge in [0, 0.05) is 45.8 Å². The Morgan fingerprint density at radius 3 is 2.59 bits per heavy atom. The van der Waals surface area contributed by atoms with E-state index in [0.717, 1.165) is 84.6 Å². The molecule has 0 aromatic rings. The Balaban J connectivity index is 1.63. The van der Waals surface area contributed by atoms with Gasteiger partial charge in [0.05, 0.1) is 32.5 Å². The van der Waals surface area contributed by atoms with Crippen LogP contribution in [0.3, 0.4) is 0 Å². The third-order valence-corrected chi connectivity index (χ3v) is 4.94. The average molecular weight is 384 g/mol. The second-order valence-electron chi connectivity index (χ2n) is 7.95. The van der Waals surface area contributed by atoms with Gasteiger partial charge in [-0.2, -0.15) is 0 Å². The van der Waals surface area contributed by atoms with E-state index in [0.29, 0.717) is 5.92 Å². The smallest absolute Gasteiger partial charge is 0.191 e. The lowest BCUT2D eigenvalue weighted by molar-refractivity contribution is -0.0261. The summed E-state index contributed by atoms with van der Waals surface area (Å²) in [5.74, 6) is 1.61. The summed E-state index contributed by atoms with van der Waals surface area (Å²) in [6, 6.07) is 0. The molecule has 0 aliphatic carbocycles. The molecule has 0 aromatic heterocycles. The molecule has 2 aliphatic rings. The summed E-state index contributed by atoms with van der Waals surface area (Å²) in [5.41, 5.74) is 0. The van der Waals surface area contributed by atoms with Crippen LogP contribution in [0.25, 0.3) is 0 Å². The van der Waals surface area contributed by atoms with E-state index in [2.05, 4.69) is 41.2 Å². The normalized spacial score (nSPS) is 23.0. The van der Waals surface area contributed by atoms with Crippen LogP contribution >= 0.6 is 0 Å². The van der Waals surface area contributed by atoms with Gasteiger partial charge in [-0.1, -0.05) is 13.8 Å². The quantitative estimate of drug-likeness (QED) is 0.334. The van der Waals surface area contributed by atoms with Crippen molar-refractivity contribution in [2.45, 2.75) is 39.7 Å². The van der Waals surface area contributed by atoms with E-state index in [1.54, 1.807) is 0 Å². The maximum absolute atomic E-state index is 5.91. The summed E-state index contributed by atoms with van der Waals surface area (Å²) in [7, 11) is 0. The number of morpholine rings is 2. The van der Waals surface area contributed by atoms with Crippen molar-refractivity contribution in [3.05, 3.63) is 0 Å². The van der Waals surface area contributed by atoms with E-state index in [1.165, 1.54) is 13.0 Å². The highest BCUT2D eigenvalue weighted by Gasteiger charge is 2.20. The highest BCUT2D eigenvalue weighted by molar-refractivity contribution is 5.79. The van der Waals surface area contributed by atoms with Crippen molar-refractivity contribution in [2.24, 2.45) is 10.9 Å². The minimum atomic E-state index is 0.203. The summed E-state index contributed by atoms with van der Waals surface area (Å²) < 4.78 is 11.3. The van der Waals surface area contributed by atoms with E-state index in [1.807, 2.05) is 0 Å². The lowest BCUT2D eigenvalue weighted by Crippen LogP contribution is -2.46. The van der Waals surface area contributed by atoms with Crippen LogP contribution in [0.2, 0.25) is 0 Å². The summed E-state index contributed by atoms with van der Waals surface area (Å²) >= 11 is 0. The maximum atomic E-state index is 5.91.